The zero-order chi connectivity index (χ0) is 21.3. The van der Waals surface area contributed by atoms with Crippen LogP contribution in [0.1, 0.15) is 56.6 Å². The summed E-state index contributed by atoms with van der Waals surface area (Å²) < 4.78 is 0. The molecule has 0 radical (unpaired) electrons. The molecule has 1 heterocycles. The van der Waals surface area contributed by atoms with Crippen LogP contribution in [-0.4, -0.2) is 24.8 Å². The summed E-state index contributed by atoms with van der Waals surface area (Å²) in [6, 6.07) is 16.4. The van der Waals surface area contributed by atoms with Crippen LogP contribution in [0.2, 0.25) is 0 Å². The van der Waals surface area contributed by atoms with Crippen molar-refractivity contribution in [1.82, 2.24) is 0 Å². The second-order valence-electron chi connectivity index (χ2n) is 8.23. The monoisotopic (exact) mass is 402 g/mol. The van der Waals surface area contributed by atoms with E-state index in [2.05, 4.69) is 43.0 Å². The Morgan fingerprint density at radius 3 is 2.40 bits per heavy atom. The van der Waals surface area contributed by atoms with Crippen molar-refractivity contribution in [1.29, 1.82) is 0 Å². The number of benzene rings is 2. The summed E-state index contributed by atoms with van der Waals surface area (Å²) in [6.45, 7) is 8.23. The van der Waals surface area contributed by atoms with Gasteiger partial charge in [0.05, 0.1) is 0 Å². The minimum Gasteiger partial charge on any atom is -0.372 e. The molecule has 4 nitrogen and oxygen atoms in total. The molecule has 2 aromatic rings. The molecule has 1 aliphatic heterocycles. The van der Waals surface area contributed by atoms with Gasteiger partial charge in [-0.1, -0.05) is 24.3 Å². The number of hydrogen-bond donors (Lipinski definition) is 0. The van der Waals surface area contributed by atoms with E-state index in [4.69, 9.17) is 0 Å². The lowest BCUT2D eigenvalue weighted by Gasteiger charge is -2.38. The van der Waals surface area contributed by atoms with Crippen molar-refractivity contribution in [3.63, 3.8) is 0 Å². The van der Waals surface area contributed by atoms with Gasteiger partial charge in [0.15, 0.2) is 5.78 Å². The number of rotatable bonds is 5. The van der Waals surface area contributed by atoms with Gasteiger partial charge in [-0.2, -0.15) is 0 Å². The average Bonchev–Trinajstić information content (AvgIpc) is 2.74. The van der Waals surface area contributed by atoms with E-state index in [9.17, 15) is 9.59 Å². The number of ketones is 1. The van der Waals surface area contributed by atoms with E-state index in [-0.39, 0.29) is 17.6 Å². The summed E-state index contributed by atoms with van der Waals surface area (Å²) in [5.74, 6) is 0.123. The maximum Gasteiger partial charge on any atom is 0.232 e. The summed E-state index contributed by atoms with van der Waals surface area (Å²) in [7, 11) is 0. The number of Topliss-reactive ketones (excluding diaryl/α,β-unsaturated/α-hetero) is 1. The van der Waals surface area contributed by atoms with Gasteiger partial charge in [-0.05, 0) is 69.0 Å². The Hall–Kier alpha value is -2.88. The first kappa shape index (κ1) is 20.4. The van der Waals surface area contributed by atoms with E-state index in [1.54, 1.807) is 4.90 Å². The number of hydrogen-bond acceptors (Lipinski definition) is 3. The van der Waals surface area contributed by atoms with Crippen molar-refractivity contribution in [2.75, 3.05) is 22.9 Å². The Morgan fingerprint density at radius 1 is 1.00 bits per heavy atom. The predicted octanol–water partition coefficient (Wildman–Crippen LogP) is 5.37. The Kier molecular flexibility index (Phi) is 5.76. The SMILES string of the molecule is CCN(CC)c1ccc(C2CC(=O)N(c3cccc(C)c3)C3=C2C(=O)CCC3)cc1. The third-order valence-electron chi connectivity index (χ3n) is 6.36. The first-order valence-corrected chi connectivity index (χ1v) is 11.0. The van der Waals surface area contributed by atoms with Crippen LogP contribution < -0.4 is 9.80 Å². The van der Waals surface area contributed by atoms with E-state index >= 15 is 0 Å². The van der Waals surface area contributed by atoms with E-state index in [0.29, 0.717) is 12.8 Å². The molecule has 0 aromatic heterocycles. The highest BCUT2D eigenvalue weighted by molar-refractivity contribution is 6.07. The fraction of sp³-hybridized carbons (Fsp3) is 0.385. The molecule has 1 atom stereocenters. The highest BCUT2D eigenvalue weighted by Crippen LogP contribution is 2.43. The summed E-state index contributed by atoms with van der Waals surface area (Å²) in [5.41, 5.74) is 5.97. The molecule has 4 heteroatoms. The lowest BCUT2D eigenvalue weighted by atomic mass is 9.77. The molecule has 1 aliphatic carbocycles. The number of anilines is 2. The van der Waals surface area contributed by atoms with Gasteiger partial charge in [0.2, 0.25) is 5.91 Å². The van der Waals surface area contributed by atoms with Gasteiger partial charge in [0.1, 0.15) is 0 Å². The zero-order valence-corrected chi connectivity index (χ0v) is 18.1. The second-order valence-corrected chi connectivity index (χ2v) is 8.23. The first-order chi connectivity index (χ1) is 14.5. The molecule has 4 rings (SSSR count). The summed E-state index contributed by atoms with van der Waals surface area (Å²) in [6.07, 6.45) is 2.49. The molecule has 0 N–H and O–H groups in total. The largest absolute Gasteiger partial charge is 0.372 e. The van der Waals surface area contributed by atoms with Crippen molar-refractivity contribution in [2.45, 2.75) is 52.4 Å². The molecular formula is C26H30N2O2. The van der Waals surface area contributed by atoms with Crippen molar-refractivity contribution < 1.29 is 9.59 Å². The van der Waals surface area contributed by atoms with Gasteiger partial charge in [0, 0.05) is 54.5 Å². The topological polar surface area (TPSA) is 40.6 Å². The van der Waals surface area contributed by atoms with E-state index in [1.807, 2.05) is 31.2 Å². The molecule has 0 fully saturated rings. The van der Waals surface area contributed by atoms with Gasteiger partial charge in [-0.3, -0.25) is 14.5 Å². The first-order valence-electron chi connectivity index (χ1n) is 11.0. The molecule has 0 saturated heterocycles. The van der Waals surface area contributed by atoms with Crippen LogP contribution in [0, 0.1) is 6.92 Å². The van der Waals surface area contributed by atoms with Crippen LogP contribution in [0.25, 0.3) is 0 Å². The smallest absolute Gasteiger partial charge is 0.232 e. The molecule has 0 spiro atoms. The lowest BCUT2D eigenvalue weighted by Crippen LogP contribution is -2.40. The molecular weight excluding hydrogens is 372 g/mol. The summed E-state index contributed by atoms with van der Waals surface area (Å²) in [5, 5.41) is 0. The minimum atomic E-state index is -0.146. The molecule has 0 bridgehead atoms. The molecule has 2 aliphatic rings. The highest BCUT2D eigenvalue weighted by Gasteiger charge is 2.39. The maximum absolute atomic E-state index is 13.3. The summed E-state index contributed by atoms with van der Waals surface area (Å²) in [4.78, 5) is 30.4. The number of nitrogens with zero attached hydrogens (tertiary/aromatic N) is 2. The maximum atomic E-state index is 13.3. The molecule has 0 saturated carbocycles. The molecule has 1 unspecified atom stereocenters. The number of allylic oxidation sites excluding steroid dienone is 2. The van der Waals surface area contributed by atoms with Crippen LogP contribution in [-0.2, 0) is 9.59 Å². The standard InChI is InChI=1S/C26H30N2O2/c1-4-27(5-2)20-14-12-19(13-15-20)22-17-25(30)28(21-9-6-8-18(3)16-21)23-10-7-11-24(29)26(22)23/h6,8-9,12-16,22H,4-5,7,10-11,17H2,1-3H3. The average molecular weight is 403 g/mol. The van der Waals surface area contributed by atoms with Gasteiger partial charge >= 0.3 is 0 Å². The van der Waals surface area contributed by atoms with Gasteiger partial charge in [-0.15, -0.1) is 0 Å². The Labute approximate surface area is 179 Å². The van der Waals surface area contributed by atoms with Gasteiger partial charge in [0.25, 0.3) is 0 Å². The third-order valence-corrected chi connectivity index (χ3v) is 6.36. The normalized spacial score (nSPS) is 19.2. The molecule has 30 heavy (non-hydrogen) atoms. The highest BCUT2D eigenvalue weighted by atomic mass is 16.2. The van der Waals surface area contributed by atoms with Gasteiger partial charge in [-0.25, -0.2) is 0 Å². The quantitative estimate of drug-likeness (QED) is 0.675. The third kappa shape index (κ3) is 3.67. The number of aryl methyl sites for hydroxylation is 1. The van der Waals surface area contributed by atoms with E-state index in [1.165, 1.54) is 5.69 Å². The minimum absolute atomic E-state index is 0.0758. The lowest BCUT2D eigenvalue weighted by molar-refractivity contribution is -0.119. The Balaban J connectivity index is 1.76. The van der Waals surface area contributed by atoms with Crippen LogP contribution in [0.5, 0.6) is 0 Å². The van der Waals surface area contributed by atoms with Crippen LogP contribution in [0.3, 0.4) is 0 Å². The number of carbonyl (C=O) groups excluding carboxylic acids is 2. The van der Waals surface area contributed by atoms with Gasteiger partial charge < -0.3 is 4.90 Å². The molecule has 2 aromatic carbocycles. The van der Waals surface area contributed by atoms with Crippen LogP contribution in [0.15, 0.2) is 59.8 Å². The van der Waals surface area contributed by atoms with Crippen molar-refractivity contribution in [3.05, 3.63) is 70.9 Å². The zero-order valence-electron chi connectivity index (χ0n) is 18.1. The summed E-state index contributed by atoms with van der Waals surface area (Å²) >= 11 is 0. The Bertz CT molecular complexity index is 986. The van der Waals surface area contributed by atoms with Crippen LogP contribution >= 0.6 is 0 Å². The number of carbonyl (C=O) groups is 2. The Morgan fingerprint density at radius 2 is 1.73 bits per heavy atom. The fourth-order valence-electron chi connectivity index (χ4n) is 4.85. The molecule has 156 valence electrons. The number of amides is 1. The van der Waals surface area contributed by atoms with Crippen molar-refractivity contribution in [3.8, 4) is 0 Å². The predicted molar refractivity (Wildman–Crippen MR) is 122 cm³/mol. The fourth-order valence-corrected chi connectivity index (χ4v) is 4.85. The van der Waals surface area contributed by atoms with Crippen molar-refractivity contribution in [2.24, 2.45) is 0 Å². The second kappa shape index (κ2) is 8.47. The van der Waals surface area contributed by atoms with E-state index in [0.717, 1.165) is 54.0 Å². The molecule has 1 amide bonds. The van der Waals surface area contributed by atoms with E-state index < -0.39 is 0 Å². The van der Waals surface area contributed by atoms with Crippen molar-refractivity contribution >= 4 is 23.1 Å². The van der Waals surface area contributed by atoms with Crippen LogP contribution in [0.4, 0.5) is 11.4 Å².